The Hall–Kier alpha value is -1.85. The second kappa shape index (κ2) is 6.36. The second-order valence-corrected chi connectivity index (χ2v) is 4.34. The summed E-state index contributed by atoms with van der Waals surface area (Å²) in [5.41, 5.74) is 0.907. The Labute approximate surface area is 111 Å². The number of carbonyl (C=O) groups is 1. The van der Waals surface area contributed by atoms with Gasteiger partial charge in [-0.25, -0.2) is 4.79 Å². The van der Waals surface area contributed by atoms with E-state index in [1.54, 1.807) is 0 Å². The van der Waals surface area contributed by atoms with E-state index in [0.717, 1.165) is 5.56 Å². The first-order valence-corrected chi connectivity index (χ1v) is 6.10. The zero-order valence-electron chi connectivity index (χ0n) is 10.5. The number of nitrogens with one attached hydrogen (secondary N) is 1. The maximum absolute atomic E-state index is 11.6. The van der Waals surface area contributed by atoms with Crippen LogP contribution in [0, 0.1) is 0 Å². The zero-order valence-corrected chi connectivity index (χ0v) is 10.5. The normalized spacial score (nSPS) is 25.8. The number of amides is 1. The van der Waals surface area contributed by atoms with Crippen molar-refractivity contribution in [3.8, 4) is 0 Å². The highest BCUT2D eigenvalue weighted by atomic mass is 16.6. The molecule has 0 aliphatic carbocycles. The molecular weight excluding hydrogens is 246 g/mol. The summed E-state index contributed by atoms with van der Waals surface area (Å²) in [6, 6.07) is 8.92. The number of hydrogen-bond acceptors (Lipinski definition) is 4. The van der Waals surface area contributed by atoms with Crippen LogP contribution in [-0.4, -0.2) is 36.1 Å². The molecule has 0 spiro atoms. The lowest BCUT2D eigenvalue weighted by Gasteiger charge is -2.16. The number of aliphatic hydroxyl groups excluding tert-OH is 1. The smallest absolute Gasteiger partial charge is 0.407 e. The van der Waals surface area contributed by atoms with Gasteiger partial charge in [-0.1, -0.05) is 36.4 Å². The Morgan fingerprint density at radius 3 is 2.89 bits per heavy atom. The summed E-state index contributed by atoms with van der Waals surface area (Å²) in [5, 5.41) is 12.4. The minimum Gasteiger partial charge on any atom is -0.445 e. The summed E-state index contributed by atoms with van der Waals surface area (Å²) in [4.78, 5) is 11.6. The molecule has 0 bridgehead atoms. The fourth-order valence-electron chi connectivity index (χ4n) is 1.89. The van der Waals surface area contributed by atoms with Gasteiger partial charge in [0.05, 0.1) is 12.6 Å². The van der Waals surface area contributed by atoms with E-state index in [4.69, 9.17) is 9.47 Å². The summed E-state index contributed by atoms with van der Waals surface area (Å²) in [5.74, 6) is 0. The number of aliphatic hydroxyl groups is 1. The maximum Gasteiger partial charge on any atom is 0.407 e. The third kappa shape index (κ3) is 3.56. The van der Waals surface area contributed by atoms with Crippen LogP contribution >= 0.6 is 0 Å². The molecule has 5 heteroatoms. The van der Waals surface area contributed by atoms with E-state index in [0.29, 0.717) is 0 Å². The predicted molar refractivity (Wildman–Crippen MR) is 69.5 cm³/mol. The minimum absolute atomic E-state index is 0.196. The molecule has 5 nitrogen and oxygen atoms in total. The summed E-state index contributed by atoms with van der Waals surface area (Å²) < 4.78 is 10.3. The molecule has 0 radical (unpaired) electrons. The number of ether oxygens (including phenoxy) is 2. The van der Waals surface area contributed by atoms with Crippen LogP contribution in [0.2, 0.25) is 0 Å². The van der Waals surface area contributed by atoms with Crippen molar-refractivity contribution < 1.29 is 19.4 Å². The van der Waals surface area contributed by atoms with Crippen LogP contribution in [0.15, 0.2) is 43.0 Å². The average Bonchev–Trinajstić information content (AvgIpc) is 2.78. The van der Waals surface area contributed by atoms with Crippen LogP contribution in [0.3, 0.4) is 0 Å². The van der Waals surface area contributed by atoms with E-state index in [9.17, 15) is 9.90 Å². The number of alkyl carbamates (subject to hydrolysis) is 1. The van der Waals surface area contributed by atoms with Crippen molar-refractivity contribution in [3.63, 3.8) is 0 Å². The van der Waals surface area contributed by atoms with Crippen molar-refractivity contribution in [1.29, 1.82) is 0 Å². The Bertz CT molecular complexity index is 434. The highest BCUT2D eigenvalue weighted by Gasteiger charge is 2.35. The molecule has 0 unspecified atom stereocenters. The average molecular weight is 263 g/mol. The van der Waals surface area contributed by atoms with Gasteiger partial charge in [0, 0.05) is 0 Å². The van der Waals surface area contributed by atoms with Crippen molar-refractivity contribution in [1.82, 2.24) is 5.32 Å². The van der Waals surface area contributed by atoms with Crippen LogP contribution in [0.1, 0.15) is 5.56 Å². The molecular formula is C14H17NO4. The SMILES string of the molecule is C=C[C@H]1OC[C@@H](NC(=O)OCc2ccccc2)[C@H]1O. The monoisotopic (exact) mass is 263 g/mol. The maximum atomic E-state index is 11.6. The molecule has 3 atom stereocenters. The molecule has 1 aromatic carbocycles. The Morgan fingerprint density at radius 2 is 2.26 bits per heavy atom. The van der Waals surface area contributed by atoms with Gasteiger partial charge in [0.1, 0.15) is 18.8 Å². The van der Waals surface area contributed by atoms with Crippen molar-refractivity contribution in [2.45, 2.75) is 24.9 Å². The number of benzene rings is 1. The summed E-state index contributed by atoms with van der Waals surface area (Å²) >= 11 is 0. The number of rotatable bonds is 4. The summed E-state index contributed by atoms with van der Waals surface area (Å²) in [7, 11) is 0. The van der Waals surface area contributed by atoms with Crippen LogP contribution < -0.4 is 5.32 Å². The third-order valence-electron chi connectivity index (χ3n) is 2.97. The van der Waals surface area contributed by atoms with Gasteiger partial charge in [0.2, 0.25) is 0 Å². The van der Waals surface area contributed by atoms with E-state index in [-0.39, 0.29) is 13.2 Å². The highest BCUT2D eigenvalue weighted by molar-refractivity contribution is 5.67. The van der Waals surface area contributed by atoms with Crippen molar-refractivity contribution >= 4 is 6.09 Å². The van der Waals surface area contributed by atoms with E-state index in [1.165, 1.54) is 6.08 Å². The van der Waals surface area contributed by atoms with Gasteiger partial charge < -0.3 is 19.9 Å². The molecule has 2 rings (SSSR count). The fourth-order valence-corrected chi connectivity index (χ4v) is 1.89. The lowest BCUT2D eigenvalue weighted by atomic mass is 10.1. The standard InChI is InChI=1S/C14H17NO4/c1-2-12-13(16)11(9-18-12)15-14(17)19-8-10-6-4-3-5-7-10/h2-7,11-13,16H,1,8-9H2,(H,15,17)/t11-,12-,13-/m1/s1. The lowest BCUT2D eigenvalue weighted by molar-refractivity contribution is 0.0716. The second-order valence-electron chi connectivity index (χ2n) is 4.34. The lowest BCUT2D eigenvalue weighted by Crippen LogP contribution is -2.44. The fraction of sp³-hybridized carbons (Fsp3) is 0.357. The number of hydrogen-bond donors (Lipinski definition) is 2. The first-order chi connectivity index (χ1) is 9.20. The predicted octanol–water partition coefficient (Wildman–Crippen LogP) is 1.23. The quantitative estimate of drug-likeness (QED) is 0.802. The van der Waals surface area contributed by atoms with E-state index in [2.05, 4.69) is 11.9 Å². The van der Waals surface area contributed by atoms with Crippen molar-refractivity contribution in [2.24, 2.45) is 0 Å². The van der Waals surface area contributed by atoms with Crippen LogP contribution in [0.5, 0.6) is 0 Å². The molecule has 19 heavy (non-hydrogen) atoms. The third-order valence-corrected chi connectivity index (χ3v) is 2.97. The first-order valence-electron chi connectivity index (χ1n) is 6.10. The first kappa shape index (κ1) is 13.6. The Morgan fingerprint density at radius 1 is 1.53 bits per heavy atom. The van der Waals surface area contributed by atoms with Gasteiger partial charge in [-0.05, 0) is 5.56 Å². The topological polar surface area (TPSA) is 67.8 Å². The van der Waals surface area contributed by atoms with Gasteiger partial charge in [0.25, 0.3) is 0 Å². The molecule has 1 heterocycles. The van der Waals surface area contributed by atoms with E-state index >= 15 is 0 Å². The molecule has 0 saturated carbocycles. The molecule has 1 aromatic rings. The molecule has 1 saturated heterocycles. The molecule has 2 N–H and O–H groups in total. The van der Waals surface area contributed by atoms with Crippen LogP contribution in [0.25, 0.3) is 0 Å². The van der Waals surface area contributed by atoms with E-state index < -0.39 is 24.3 Å². The largest absolute Gasteiger partial charge is 0.445 e. The van der Waals surface area contributed by atoms with Crippen molar-refractivity contribution in [2.75, 3.05) is 6.61 Å². The molecule has 1 fully saturated rings. The van der Waals surface area contributed by atoms with Gasteiger partial charge in [-0.2, -0.15) is 0 Å². The highest BCUT2D eigenvalue weighted by Crippen LogP contribution is 2.15. The molecule has 1 aliphatic heterocycles. The molecule has 1 aliphatic rings. The Kier molecular flexibility index (Phi) is 4.54. The van der Waals surface area contributed by atoms with E-state index in [1.807, 2.05) is 30.3 Å². The number of carbonyl (C=O) groups excluding carboxylic acids is 1. The Balaban J connectivity index is 1.77. The minimum atomic E-state index is -0.790. The van der Waals surface area contributed by atoms with Gasteiger partial charge in [0.15, 0.2) is 0 Å². The molecule has 102 valence electrons. The molecule has 0 aromatic heterocycles. The molecule has 1 amide bonds. The van der Waals surface area contributed by atoms with Gasteiger partial charge in [-0.3, -0.25) is 0 Å². The zero-order chi connectivity index (χ0) is 13.7. The summed E-state index contributed by atoms with van der Waals surface area (Å²) in [6.07, 6.45) is -0.288. The summed E-state index contributed by atoms with van der Waals surface area (Å²) in [6.45, 7) is 4.00. The van der Waals surface area contributed by atoms with Crippen LogP contribution in [0.4, 0.5) is 4.79 Å². The van der Waals surface area contributed by atoms with Crippen molar-refractivity contribution in [3.05, 3.63) is 48.6 Å². The van der Waals surface area contributed by atoms with Gasteiger partial charge >= 0.3 is 6.09 Å². The van der Waals surface area contributed by atoms with Crippen LogP contribution in [-0.2, 0) is 16.1 Å². The van der Waals surface area contributed by atoms with Gasteiger partial charge in [-0.15, -0.1) is 6.58 Å².